The van der Waals surface area contributed by atoms with E-state index in [1.54, 1.807) is 13.1 Å². The van der Waals surface area contributed by atoms with E-state index in [9.17, 15) is 22.8 Å². The number of hydrogen-bond acceptors (Lipinski definition) is 5. The van der Waals surface area contributed by atoms with Crippen molar-refractivity contribution in [3.05, 3.63) is 84.7 Å². The summed E-state index contributed by atoms with van der Waals surface area (Å²) in [4.78, 5) is 30.6. The van der Waals surface area contributed by atoms with Crippen LogP contribution < -0.4 is 16.0 Å². The lowest BCUT2D eigenvalue weighted by Gasteiger charge is -2.16. The molecule has 0 bridgehead atoms. The van der Waals surface area contributed by atoms with Crippen LogP contribution in [0.3, 0.4) is 0 Å². The van der Waals surface area contributed by atoms with E-state index in [2.05, 4.69) is 26.0 Å². The Balaban J connectivity index is 2.01. The van der Waals surface area contributed by atoms with Crippen LogP contribution in [0.5, 0.6) is 5.75 Å². The van der Waals surface area contributed by atoms with Gasteiger partial charge in [-0.1, -0.05) is 15.9 Å². The van der Waals surface area contributed by atoms with Gasteiger partial charge in [-0.3, -0.25) is 18.6 Å². The van der Waals surface area contributed by atoms with Gasteiger partial charge in [0.15, 0.2) is 23.3 Å². The lowest BCUT2D eigenvalue weighted by Crippen LogP contribution is -2.41. The number of nitrogens with zero attached hydrogens (tertiary/aromatic N) is 5. The zero-order valence-electron chi connectivity index (χ0n) is 16.8. The van der Waals surface area contributed by atoms with Gasteiger partial charge >= 0.3 is 5.69 Å². The van der Waals surface area contributed by atoms with Crippen molar-refractivity contribution in [1.82, 2.24) is 23.9 Å². The summed E-state index contributed by atoms with van der Waals surface area (Å²) in [7, 11) is 3.00. The van der Waals surface area contributed by atoms with E-state index in [0.29, 0.717) is 4.47 Å². The quantitative estimate of drug-likeness (QED) is 0.386. The minimum atomic E-state index is -1.61. The van der Waals surface area contributed by atoms with Crippen molar-refractivity contribution < 1.29 is 17.9 Å². The normalized spacial score (nSPS) is 11.3. The van der Waals surface area contributed by atoms with Gasteiger partial charge in [0.2, 0.25) is 0 Å². The first kappa shape index (κ1) is 21.8. The fourth-order valence-electron chi connectivity index (χ4n) is 3.40. The van der Waals surface area contributed by atoms with Gasteiger partial charge in [-0.2, -0.15) is 5.10 Å². The third-order valence-electron chi connectivity index (χ3n) is 4.81. The smallest absolute Gasteiger partial charge is 0.332 e. The topological polar surface area (TPSA) is 83.9 Å². The number of halogens is 4. The van der Waals surface area contributed by atoms with Gasteiger partial charge in [-0.05, 0) is 29.8 Å². The molecule has 166 valence electrons. The number of rotatable bonds is 5. The molecule has 0 spiro atoms. The maximum atomic E-state index is 13.8. The fourth-order valence-corrected chi connectivity index (χ4v) is 3.82. The standard InChI is InChI=1S/C20H15BrF3N5O3/c1-27-9-25-16(26-27)8-29-19(30)17-14(5-11(21)6-15(17)32-2)28(20(29)31)7-10-3-12(22)18(24)13(23)4-10/h3-6,9H,7-8H2,1-2H3. The summed E-state index contributed by atoms with van der Waals surface area (Å²) in [6.07, 6.45) is 1.42. The second-order valence-corrected chi connectivity index (χ2v) is 7.89. The highest BCUT2D eigenvalue weighted by molar-refractivity contribution is 9.10. The first-order valence-corrected chi connectivity index (χ1v) is 9.97. The summed E-state index contributed by atoms with van der Waals surface area (Å²) in [6, 6.07) is 4.66. The Hall–Kier alpha value is -3.41. The molecule has 0 N–H and O–H groups in total. The number of ether oxygens (including phenoxy) is 1. The van der Waals surface area contributed by atoms with Crippen LogP contribution in [0.1, 0.15) is 11.4 Å². The molecule has 2 aromatic heterocycles. The highest BCUT2D eigenvalue weighted by Crippen LogP contribution is 2.27. The first-order valence-electron chi connectivity index (χ1n) is 9.18. The molecule has 0 saturated heterocycles. The molecule has 12 heteroatoms. The Bertz CT molecular complexity index is 1460. The molecule has 0 aliphatic carbocycles. The molecule has 0 saturated carbocycles. The lowest BCUT2D eigenvalue weighted by atomic mass is 10.1. The predicted octanol–water partition coefficient (Wildman–Crippen LogP) is 2.58. The number of fused-ring (bicyclic) bond motifs is 1. The van der Waals surface area contributed by atoms with Crippen LogP contribution in [0.2, 0.25) is 0 Å². The average molecular weight is 510 g/mol. The van der Waals surface area contributed by atoms with Crippen LogP contribution >= 0.6 is 15.9 Å². The minimum absolute atomic E-state index is 0.00935. The molecule has 4 aromatic rings. The van der Waals surface area contributed by atoms with Gasteiger partial charge in [0.1, 0.15) is 17.5 Å². The van der Waals surface area contributed by atoms with E-state index in [0.717, 1.165) is 21.3 Å². The lowest BCUT2D eigenvalue weighted by molar-refractivity contribution is 0.418. The van der Waals surface area contributed by atoms with E-state index in [4.69, 9.17) is 4.74 Å². The van der Waals surface area contributed by atoms with Crippen molar-refractivity contribution in [2.75, 3.05) is 7.11 Å². The SMILES string of the molecule is COc1cc(Br)cc2c1c(=O)n(Cc1ncn(C)n1)c(=O)n2Cc1cc(F)c(F)c(F)c1. The number of aromatic nitrogens is 5. The van der Waals surface area contributed by atoms with Crippen LogP contribution in [0.15, 0.2) is 44.7 Å². The molecular weight excluding hydrogens is 495 g/mol. The van der Waals surface area contributed by atoms with E-state index in [-0.39, 0.29) is 41.1 Å². The molecule has 32 heavy (non-hydrogen) atoms. The zero-order valence-corrected chi connectivity index (χ0v) is 18.4. The molecule has 8 nitrogen and oxygen atoms in total. The number of methoxy groups -OCH3 is 1. The molecule has 2 heterocycles. The summed E-state index contributed by atoms with van der Waals surface area (Å²) in [5, 5.41) is 4.17. The Morgan fingerprint density at radius 3 is 2.31 bits per heavy atom. The summed E-state index contributed by atoms with van der Waals surface area (Å²) in [5.41, 5.74) is -1.25. The van der Waals surface area contributed by atoms with Crippen molar-refractivity contribution in [1.29, 1.82) is 0 Å². The van der Waals surface area contributed by atoms with Crippen LogP contribution in [0.4, 0.5) is 13.2 Å². The highest BCUT2D eigenvalue weighted by Gasteiger charge is 2.20. The molecule has 0 unspecified atom stereocenters. The molecule has 2 aromatic carbocycles. The summed E-state index contributed by atoms with van der Waals surface area (Å²) >= 11 is 3.30. The van der Waals surface area contributed by atoms with E-state index in [1.165, 1.54) is 24.2 Å². The maximum Gasteiger partial charge on any atom is 0.332 e. The van der Waals surface area contributed by atoms with E-state index in [1.807, 2.05) is 0 Å². The van der Waals surface area contributed by atoms with Crippen LogP contribution in [-0.4, -0.2) is 31.0 Å². The Morgan fingerprint density at radius 1 is 1.03 bits per heavy atom. The summed E-state index contributed by atoms with van der Waals surface area (Å²) in [5.74, 6) is -3.98. The third kappa shape index (κ3) is 3.81. The average Bonchev–Trinajstić information content (AvgIpc) is 3.16. The van der Waals surface area contributed by atoms with Gasteiger partial charge in [0.05, 0.1) is 25.7 Å². The van der Waals surface area contributed by atoms with Gasteiger partial charge in [-0.25, -0.2) is 22.9 Å². The van der Waals surface area contributed by atoms with Crippen molar-refractivity contribution in [3.63, 3.8) is 0 Å². The molecule has 4 rings (SSSR count). The number of hydrogen-bond donors (Lipinski definition) is 0. The first-order chi connectivity index (χ1) is 15.2. The van der Waals surface area contributed by atoms with Crippen LogP contribution in [0, 0.1) is 17.5 Å². The van der Waals surface area contributed by atoms with Crippen molar-refractivity contribution in [3.8, 4) is 5.75 Å². The van der Waals surface area contributed by atoms with Gasteiger partial charge < -0.3 is 4.74 Å². The van der Waals surface area contributed by atoms with Crippen LogP contribution in [-0.2, 0) is 20.1 Å². The zero-order chi connectivity index (χ0) is 23.2. The Kier molecular flexibility index (Phi) is 5.63. The van der Waals surface area contributed by atoms with E-state index < -0.39 is 28.7 Å². The van der Waals surface area contributed by atoms with Crippen molar-refractivity contribution >= 4 is 26.8 Å². The predicted molar refractivity (Wildman–Crippen MR) is 112 cm³/mol. The number of aryl methyl sites for hydroxylation is 1. The highest BCUT2D eigenvalue weighted by atomic mass is 79.9. The van der Waals surface area contributed by atoms with Gasteiger partial charge in [0.25, 0.3) is 5.56 Å². The van der Waals surface area contributed by atoms with Crippen LogP contribution in [0.25, 0.3) is 10.9 Å². The molecule has 0 atom stereocenters. The molecular formula is C20H15BrF3N5O3. The second kappa shape index (κ2) is 8.26. The van der Waals surface area contributed by atoms with Gasteiger partial charge in [0, 0.05) is 11.5 Å². The monoisotopic (exact) mass is 509 g/mol. The minimum Gasteiger partial charge on any atom is -0.496 e. The molecule has 0 fully saturated rings. The molecule has 0 aliphatic rings. The van der Waals surface area contributed by atoms with E-state index >= 15 is 0 Å². The Morgan fingerprint density at radius 2 is 1.72 bits per heavy atom. The third-order valence-corrected chi connectivity index (χ3v) is 5.27. The molecule has 0 amide bonds. The summed E-state index contributed by atoms with van der Waals surface area (Å²) in [6.45, 7) is -0.571. The van der Waals surface area contributed by atoms with Crippen molar-refractivity contribution in [2.45, 2.75) is 13.1 Å². The molecule has 0 aliphatic heterocycles. The number of benzene rings is 2. The maximum absolute atomic E-state index is 13.8. The van der Waals surface area contributed by atoms with Crippen molar-refractivity contribution in [2.24, 2.45) is 7.05 Å². The second-order valence-electron chi connectivity index (χ2n) is 6.97. The molecule has 0 radical (unpaired) electrons. The van der Waals surface area contributed by atoms with Gasteiger partial charge in [-0.15, -0.1) is 0 Å². The Labute approximate surface area is 186 Å². The largest absolute Gasteiger partial charge is 0.496 e. The fraction of sp³-hybridized carbons (Fsp3) is 0.200. The summed E-state index contributed by atoms with van der Waals surface area (Å²) < 4.78 is 50.3.